The van der Waals surface area contributed by atoms with Crippen molar-refractivity contribution in [2.45, 2.75) is 52.7 Å². The lowest BCUT2D eigenvalue weighted by Crippen LogP contribution is -2.53. The van der Waals surface area contributed by atoms with Crippen molar-refractivity contribution in [3.63, 3.8) is 0 Å². The number of anilines is 1. The van der Waals surface area contributed by atoms with Crippen molar-refractivity contribution in [1.29, 1.82) is 0 Å². The van der Waals surface area contributed by atoms with Crippen LogP contribution in [0.1, 0.15) is 47.1 Å². The van der Waals surface area contributed by atoms with Crippen molar-refractivity contribution in [2.75, 3.05) is 45.2 Å². The molecule has 0 aliphatic carbocycles. The van der Waals surface area contributed by atoms with E-state index in [1.807, 2.05) is 43.3 Å². The number of halogens is 1. The molecule has 1 fully saturated rings. The standard InChI is InChI=1S/C32H38ClN5O5/c1-31(2,3)42-29(40)36-15-16-37(25(39)20-36)23-13-9-11-21(17-23)24-18-34-28-26(27(24)33)22(12-10-14-35(7)8)19-38(28)30(41)43-32(4,5)6/h9,11,13,17-19H,14-16,20H2,1-8H3. The first-order valence-corrected chi connectivity index (χ1v) is 14.4. The average Bonchev–Trinajstić information content (AvgIpc) is 3.26. The summed E-state index contributed by atoms with van der Waals surface area (Å²) < 4.78 is 12.4. The molecule has 10 nitrogen and oxygen atoms in total. The zero-order valence-corrected chi connectivity index (χ0v) is 26.7. The van der Waals surface area contributed by atoms with Gasteiger partial charge in [0.2, 0.25) is 5.91 Å². The van der Waals surface area contributed by atoms with E-state index in [9.17, 15) is 14.4 Å². The summed E-state index contributed by atoms with van der Waals surface area (Å²) in [6.07, 6.45) is 2.11. The van der Waals surface area contributed by atoms with Gasteiger partial charge in [0.25, 0.3) is 0 Å². The van der Waals surface area contributed by atoms with Gasteiger partial charge < -0.3 is 14.4 Å². The summed E-state index contributed by atoms with van der Waals surface area (Å²) in [7, 11) is 3.83. The van der Waals surface area contributed by atoms with Crippen LogP contribution in [-0.2, 0) is 14.3 Å². The van der Waals surface area contributed by atoms with Gasteiger partial charge in [0.05, 0.1) is 22.5 Å². The number of benzene rings is 1. The highest BCUT2D eigenvalue weighted by Crippen LogP contribution is 2.37. The summed E-state index contributed by atoms with van der Waals surface area (Å²) in [5, 5.41) is 0.906. The van der Waals surface area contributed by atoms with Gasteiger partial charge >= 0.3 is 12.2 Å². The van der Waals surface area contributed by atoms with E-state index in [0.717, 1.165) is 5.56 Å². The number of pyridine rings is 1. The lowest BCUT2D eigenvalue weighted by molar-refractivity contribution is -0.121. The molecule has 0 saturated carbocycles. The molecule has 2 aromatic heterocycles. The number of hydrogen-bond donors (Lipinski definition) is 0. The molecule has 0 spiro atoms. The highest BCUT2D eigenvalue weighted by atomic mass is 35.5. The molecule has 0 N–H and O–H groups in total. The van der Waals surface area contributed by atoms with Crippen LogP contribution in [0.15, 0.2) is 36.7 Å². The minimum atomic E-state index is -0.704. The Morgan fingerprint density at radius 2 is 1.72 bits per heavy atom. The first-order valence-electron chi connectivity index (χ1n) is 14.0. The van der Waals surface area contributed by atoms with E-state index >= 15 is 0 Å². The third-order valence-electron chi connectivity index (χ3n) is 6.30. The van der Waals surface area contributed by atoms with Gasteiger partial charge in [0.15, 0.2) is 5.65 Å². The number of ether oxygens (including phenoxy) is 2. The Kier molecular flexibility index (Phi) is 9.09. The van der Waals surface area contributed by atoms with Gasteiger partial charge in [-0.15, -0.1) is 0 Å². The van der Waals surface area contributed by atoms with Crippen molar-refractivity contribution < 1.29 is 23.9 Å². The van der Waals surface area contributed by atoms with Crippen molar-refractivity contribution in [3.8, 4) is 23.0 Å². The summed E-state index contributed by atoms with van der Waals surface area (Å²) in [5.74, 6) is 6.02. The van der Waals surface area contributed by atoms with Gasteiger partial charge in [-0.3, -0.25) is 14.6 Å². The minimum absolute atomic E-state index is 0.0828. The van der Waals surface area contributed by atoms with E-state index in [0.29, 0.717) is 52.5 Å². The van der Waals surface area contributed by atoms with Crippen LogP contribution in [-0.4, -0.2) is 88.9 Å². The number of carbonyl (C=O) groups excluding carboxylic acids is 3. The van der Waals surface area contributed by atoms with Crippen LogP contribution < -0.4 is 4.90 Å². The van der Waals surface area contributed by atoms with Crippen LogP contribution in [0.25, 0.3) is 22.2 Å². The van der Waals surface area contributed by atoms with Gasteiger partial charge in [-0.05, 0) is 73.3 Å². The predicted molar refractivity (Wildman–Crippen MR) is 167 cm³/mol. The lowest BCUT2D eigenvalue weighted by atomic mass is 10.0. The van der Waals surface area contributed by atoms with Crippen LogP contribution in [0.3, 0.4) is 0 Å². The molecule has 1 aliphatic heterocycles. The Hall–Kier alpha value is -4.07. The highest BCUT2D eigenvalue weighted by Gasteiger charge is 2.31. The van der Waals surface area contributed by atoms with Crippen LogP contribution >= 0.6 is 11.6 Å². The quantitative estimate of drug-likeness (QED) is 0.356. The topological polar surface area (TPSA) is 97.2 Å². The average molecular weight is 608 g/mol. The number of rotatable bonds is 3. The number of fused-ring (bicyclic) bond motifs is 1. The van der Waals surface area contributed by atoms with Crippen LogP contribution in [0.2, 0.25) is 5.02 Å². The monoisotopic (exact) mass is 607 g/mol. The van der Waals surface area contributed by atoms with Crippen molar-refractivity contribution in [2.24, 2.45) is 0 Å². The molecule has 3 heterocycles. The van der Waals surface area contributed by atoms with Crippen LogP contribution in [0.5, 0.6) is 0 Å². The van der Waals surface area contributed by atoms with Crippen LogP contribution in [0, 0.1) is 11.8 Å². The molecule has 0 unspecified atom stereocenters. The first-order chi connectivity index (χ1) is 20.0. The number of hydrogen-bond acceptors (Lipinski definition) is 7. The number of amides is 2. The van der Waals surface area contributed by atoms with Gasteiger partial charge in [-0.25, -0.2) is 19.1 Å². The number of piperazine rings is 1. The maximum atomic E-state index is 13.1. The second-order valence-corrected chi connectivity index (χ2v) is 13.0. The van der Waals surface area contributed by atoms with Crippen molar-refractivity contribution in [3.05, 3.63) is 47.2 Å². The smallest absolute Gasteiger partial charge is 0.420 e. The summed E-state index contributed by atoms with van der Waals surface area (Å²) >= 11 is 7.03. The molecule has 1 aromatic carbocycles. The van der Waals surface area contributed by atoms with Crippen molar-refractivity contribution >= 4 is 46.4 Å². The highest BCUT2D eigenvalue weighted by molar-refractivity contribution is 6.38. The fourth-order valence-electron chi connectivity index (χ4n) is 4.46. The summed E-state index contributed by atoms with van der Waals surface area (Å²) in [6, 6.07) is 7.41. The molecule has 1 aliphatic rings. The fraction of sp³-hybridized carbons (Fsp3) is 0.438. The lowest BCUT2D eigenvalue weighted by Gasteiger charge is -2.35. The summed E-state index contributed by atoms with van der Waals surface area (Å²) in [5.41, 5.74) is 1.55. The van der Waals surface area contributed by atoms with E-state index < -0.39 is 23.4 Å². The fourth-order valence-corrected chi connectivity index (χ4v) is 4.81. The third kappa shape index (κ3) is 7.66. The number of aromatic nitrogens is 2. The largest absolute Gasteiger partial charge is 0.444 e. The Labute approximate surface area is 257 Å². The SMILES string of the molecule is CN(C)CC#Cc1cn(C(=O)OC(C)(C)C)c2ncc(-c3cccc(N4CCN(C(=O)OC(C)(C)C)CC4=O)c3)c(Cl)c12. The van der Waals surface area contributed by atoms with Gasteiger partial charge in [0, 0.05) is 36.7 Å². The molecule has 43 heavy (non-hydrogen) atoms. The van der Waals surface area contributed by atoms with Gasteiger partial charge in [-0.2, -0.15) is 0 Å². The van der Waals surface area contributed by atoms with E-state index in [2.05, 4.69) is 16.8 Å². The zero-order valence-electron chi connectivity index (χ0n) is 25.9. The molecule has 3 aromatic rings. The van der Waals surface area contributed by atoms with Crippen molar-refractivity contribution in [1.82, 2.24) is 19.4 Å². The Balaban J connectivity index is 1.69. The molecule has 228 valence electrons. The normalized spacial score (nSPS) is 14.1. The zero-order chi connectivity index (χ0) is 31.7. The number of nitrogens with zero attached hydrogens (tertiary/aromatic N) is 5. The molecular weight excluding hydrogens is 570 g/mol. The Bertz CT molecular complexity index is 1620. The molecule has 11 heteroatoms. The maximum absolute atomic E-state index is 13.1. The van der Waals surface area contributed by atoms with E-state index in [-0.39, 0.29) is 12.5 Å². The van der Waals surface area contributed by atoms with E-state index in [1.54, 1.807) is 58.8 Å². The second kappa shape index (κ2) is 12.3. The molecule has 4 rings (SSSR count). The van der Waals surface area contributed by atoms with Gasteiger partial charge in [-0.1, -0.05) is 35.6 Å². The van der Waals surface area contributed by atoms with Gasteiger partial charge in [0.1, 0.15) is 17.7 Å². The molecule has 1 saturated heterocycles. The molecule has 0 radical (unpaired) electrons. The molecule has 0 atom stereocenters. The minimum Gasteiger partial charge on any atom is -0.444 e. The third-order valence-corrected chi connectivity index (χ3v) is 6.69. The Morgan fingerprint density at radius 1 is 1.05 bits per heavy atom. The Morgan fingerprint density at radius 3 is 2.35 bits per heavy atom. The summed E-state index contributed by atoms with van der Waals surface area (Å²) in [6.45, 7) is 11.8. The number of carbonyl (C=O) groups is 3. The van der Waals surface area contributed by atoms with Crippen LogP contribution in [0.4, 0.5) is 15.3 Å². The first kappa shape index (κ1) is 31.9. The van der Waals surface area contributed by atoms with E-state index in [4.69, 9.17) is 21.1 Å². The van der Waals surface area contributed by atoms with E-state index in [1.165, 1.54) is 9.47 Å². The second-order valence-electron chi connectivity index (χ2n) is 12.6. The molecular formula is C32H38ClN5O5. The molecule has 0 bridgehead atoms. The summed E-state index contributed by atoms with van der Waals surface area (Å²) in [4.78, 5) is 48.2. The maximum Gasteiger partial charge on any atom is 0.420 e. The molecule has 2 amide bonds. The predicted octanol–water partition coefficient (Wildman–Crippen LogP) is 5.64.